The van der Waals surface area contributed by atoms with E-state index in [0.29, 0.717) is 18.4 Å². The Morgan fingerprint density at radius 2 is 1.92 bits per heavy atom. The summed E-state index contributed by atoms with van der Waals surface area (Å²) in [6, 6.07) is 19.8. The summed E-state index contributed by atoms with van der Waals surface area (Å²) in [7, 11) is 0. The minimum atomic E-state index is -0.407. The maximum absolute atomic E-state index is 9.44. The molecule has 0 bridgehead atoms. The molecule has 1 aliphatic carbocycles. The number of fused-ring (bicyclic) bond motifs is 2. The molecule has 4 rings (SSSR count). The molecule has 1 unspecified atom stereocenters. The van der Waals surface area contributed by atoms with Crippen molar-refractivity contribution in [2.75, 3.05) is 0 Å². The van der Waals surface area contributed by atoms with E-state index in [9.17, 15) is 5.26 Å². The lowest BCUT2D eigenvalue weighted by Gasteiger charge is -2.13. The zero-order valence-corrected chi connectivity index (χ0v) is 14.0. The highest BCUT2D eigenvalue weighted by Crippen LogP contribution is 2.35. The van der Waals surface area contributed by atoms with Crippen LogP contribution in [-0.2, 0) is 12.8 Å². The van der Waals surface area contributed by atoms with Gasteiger partial charge in [0, 0.05) is 16.7 Å². The highest BCUT2D eigenvalue weighted by Gasteiger charge is 2.24. The fraction of sp³-hybridized carbons (Fsp3) is 0.143. The van der Waals surface area contributed by atoms with Gasteiger partial charge in [-0.2, -0.15) is 5.26 Å². The zero-order chi connectivity index (χ0) is 17.9. The lowest BCUT2D eigenvalue weighted by atomic mass is 9.96. The van der Waals surface area contributed by atoms with Crippen LogP contribution in [0.3, 0.4) is 0 Å². The number of hydrogen-bond acceptors (Lipinski definition) is 3. The Labute approximate surface area is 151 Å². The van der Waals surface area contributed by atoms with Crippen molar-refractivity contribution in [3.05, 3.63) is 99.2 Å². The average Bonchev–Trinajstić information content (AvgIpc) is 2.84. The predicted molar refractivity (Wildman–Crippen MR) is 99.2 cm³/mol. The first-order valence-electron chi connectivity index (χ1n) is 8.39. The van der Waals surface area contributed by atoms with Gasteiger partial charge in [-0.05, 0) is 52.8 Å². The van der Waals surface area contributed by atoms with E-state index < -0.39 is 6.04 Å². The van der Waals surface area contributed by atoms with Crippen LogP contribution in [-0.4, -0.2) is 4.98 Å². The van der Waals surface area contributed by atoms with Crippen LogP contribution in [0.1, 0.15) is 34.0 Å². The van der Waals surface area contributed by atoms with Crippen LogP contribution >= 0.6 is 0 Å². The largest absolute Gasteiger partial charge is 0.260 e. The van der Waals surface area contributed by atoms with E-state index in [1.807, 2.05) is 54.7 Å². The Balaban J connectivity index is 1.88. The number of nitrogens with zero attached hydrogens (tertiary/aromatic N) is 5. The van der Waals surface area contributed by atoms with E-state index in [-0.39, 0.29) is 0 Å². The quantitative estimate of drug-likeness (QED) is 0.369. The van der Waals surface area contributed by atoms with Gasteiger partial charge in [0.15, 0.2) is 0 Å². The number of azide groups is 1. The molecular formula is C21H15N5. The molecular weight excluding hydrogens is 322 g/mol. The second kappa shape index (κ2) is 6.72. The number of benzene rings is 2. The first-order valence-corrected chi connectivity index (χ1v) is 8.39. The van der Waals surface area contributed by atoms with Gasteiger partial charge in [0.2, 0.25) is 0 Å². The van der Waals surface area contributed by atoms with E-state index in [0.717, 1.165) is 33.5 Å². The van der Waals surface area contributed by atoms with Crippen molar-refractivity contribution in [3.63, 3.8) is 0 Å². The van der Waals surface area contributed by atoms with Crippen LogP contribution in [0.4, 0.5) is 0 Å². The van der Waals surface area contributed by atoms with Gasteiger partial charge in [-0.15, -0.1) is 0 Å². The Morgan fingerprint density at radius 1 is 1.08 bits per heavy atom. The van der Waals surface area contributed by atoms with Crippen molar-refractivity contribution in [2.24, 2.45) is 5.11 Å². The van der Waals surface area contributed by atoms with Gasteiger partial charge in [0.05, 0.1) is 23.4 Å². The van der Waals surface area contributed by atoms with E-state index in [4.69, 9.17) is 5.53 Å². The molecule has 1 atom stereocenters. The summed E-state index contributed by atoms with van der Waals surface area (Å²) in [6.07, 6.45) is 2.99. The smallest absolute Gasteiger partial charge is 0.0994 e. The highest BCUT2D eigenvalue weighted by molar-refractivity contribution is 5.64. The first-order chi connectivity index (χ1) is 12.8. The van der Waals surface area contributed by atoms with Crippen molar-refractivity contribution in [3.8, 4) is 17.2 Å². The summed E-state index contributed by atoms with van der Waals surface area (Å²) < 4.78 is 0. The molecule has 0 amide bonds. The Hall–Kier alpha value is -3.61. The fourth-order valence-corrected chi connectivity index (χ4v) is 3.55. The maximum Gasteiger partial charge on any atom is 0.0994 e. The Morgan fingerprint density at radius 3 is 2.69 bits per heavy atom. The number of rotatable bonds is 2. The summed E-state index contributed by atoms with van der Waals surface area (Å²) in [6.45, 7) is 0. The lowest BCUT2D eigenvalue weighted by Crippen LogP contribution is -2.04. The summed E-state index contributed by atoms with van der Waals surface area (Å²) in [5.41, 5.74) is 15.6. The van der Waals surface area contributed by atoms with E-state index in [1.165, 1.54) is 0 Å². The molecule has 0 aliphatic heterocycles. The normalized spacial score (nSPS) is 15.0. The molecule has 1 aliphatic rings. The first kappa shape index (κ1) is 15.9. The third-order valence-electron chi connectivity index (χ3n) is 4.79. The summed E-state index contributed by atoms with van der Waals surface area (Å²) >= 11 is 0. The van der Waals surface area contributed by atoms with Crippen LogP contribution in [0, 0.1) is 11.3 Å². The summed E-state index contributed by atoms with van der Waals surface area (Å²) in [5.74, 6) is 0. The third kappa shape index (κ3) is 2.79. The Bertz CT molecular complexity index is 1060. The highest BCUT2D eigenvalue weighted by atomic mass is 15.2. The van der Waals surface area contributed by atoms with Gasteiger partial charge >= 0.3 is 0 Å². The molecule has 124 valence electrons. The molecule has 5 heteroatoms. The minimum absolute atomic E-state index is 0.407. The van der Waals surface area contributed by atoms with Crippen LogP contribution in [0.25, 0.3) is 21.6 Å². The molecule has 1 heterocycles. The maximum atomic E-state index is 9.44. The van der Waals surface area contributed by atoms with E-state index >= 15 is 0 Å². The van der Waals surface area contributed by atoms with Crippen molar-refractivity contribution in [2.45, 2.75) is 18.9 Å². The molecule has 3 aromatic rings. The van der Waals surface area contributed by atoms with Crippen LogP contribution < -0.4 is 0 Å². The zero-order valence-electron chi connectivity index (χ0n) is 14.0. The van der Waals surface area contributed by atoms with Crippen LogP contribution in [0.5, 0.6) is 0 Å². The van der Waals surface area contributed by atoms with Gasteiger partial charge in [0.25, 0.3) is 0 Å². The van der Waals surface area contributed by atoms with Crippen LogP contribution in [0.15, 0.2) is 65.9 Å². The van der Waals surface area contributed by atoms with Gasteiger partial charge in [-0.1, -0.05) is 47.6 Å². The van der Waals surface area contributed by atoms with Crippen molar-refractivity contribution in [1.82, 2.24) is 4.98 Å². The number of pyridine rings is 1. The van der Waals surface area contributed by atoms with Gasteiger partial charge in [0.1, 0.15) is 0 Å². The topological polar surface area (TPSA) is 85.4 Å². The fourth-order valence-electron chi connectivity index (χ4n) is 3.55. The van der Waals surface area contributed by atoms with Crippen molar-refractivity contribution < 1.29 is 0 Å². The predicted octanol–water partition coefficient (Wildman–Crippen LogP) is 5.12. The SMILES string of the molecule is N#Cc1cccc2c1CC(N=[N+]=[N-])c1ncc(-c3ccccc3)cc1C2. The van der Waals surface area contributed by atoms with Gasteiger partial charge in [-0.3, -0.25) is 4.98 Å². The Kier molecular flexibility index (Phi) is 4.10. The summed E-state index contributed by atoms with van der Waals surface area (Å²) in [5, 5.41) is 13.4. The molecule has 26 heavy (non-hydrogen) atoms. The van der Waals surface area contributed by atoms with Crippen molar-refractivity contribution in [1.29, 1.82) is 5.26 Å². The van der Waals surface area contributed by atoms with Gasteiger partial charge in [-0.25, -0.2) is 0 Å². The molecule has 0 saturated carbocycles. The second-order valence-corrected chi connectivity index (χ2v) is 6.29. The molecule has 0 radical (unpaired) electrons. The average molecular weight is 337 g/mol. The van der Waals surface area contributed by atoms with Gasteiger partial charge < -0.3 is 0 Å². The molecule has 5 nitrogen and oxygen atoms in total. The molecule has 0 saturated heterocycles. The number of hydrogen-bond donors (Lipinski definition) is 0. The summed E-state index contributed by atoms with van der Waals surface area (Å²) in [4.78, 5) is 7.66. The standard InChI is InChI=1S/C21H15N5/c22-12-16-8-4-7-15-9-17-10-18(14-5-2-1-3-6-14)13-24-21(17)20(25-26-23)11-19(15)16/h1-8,10,13,20H,9,11H2. The number of nitriles is 1. The molecule has 0 fully saturated rings. The molecule has 0 spiro atoms. The molecule has 2 aromatic carbocycles. The van der Waals surface area contributed by atoms with Crippen LogP contribution in [0.2, 0.25) is 0 Å². The van der Waals surface area contributed by atoms with E-state index in [2.05, 4.69) is 27.1 Å². The second-order valence-electron chi connectivity index (χ2n) is 6.29. The molecule has 1 aromatic heterocycles. The minimum Gasteiger partial charge on any atom is -0.260 e. The monoisotopic (exact) mass is 337 g/mol. The molecule has 0 N–H and O–H groups in total. The van der Waals surface area contributed by atoms with E-state index in [1.54, 1.807) is 0 Å². The lowest BCUT2D eigenvalue weighted by molar-refractivity contribution is 0.691. The number of aromatic nitrogens is 1. The third-order valence-corrected chi connectivity index (χ3v) is 4.79. The van der Waals surface area contributed by atoms with Crippen molar-refractivity contribution >= 4 is 0 Å².